The number of hydrogen-bond acceptors (Lipinski definition) is 4. The normalized spacial score (nSPS) is 10.2. The van der Waals surface area contributed by atoms with Gasteiger partial charge >= 0.3 is 0 Å². The zero-order valence-electron chi connectivity index (χ0n) is 9.95. The summed E-state index contributed by atoms with van der Waals surface area (Å²) in [5.41, 5.74) is 6.63. The van der Waals surface area contributed by atoms with Gasteiger partial charge in [-0.25, -0.2) is 0 Å². The van der Waals surface area contributed by atoms with Gasteiger partial charge in [-0.15, -0.1) is 6.58 Å². The Morgan fingerprint density at radius 1 is 1.65 bits per heavy atom. The van der Waals surface area contributed by atoms with E-state index in [2.05, 4.69) is 22.1 Å². The lowest BCUT2D eigenvalue weighted by atomic mass is 10.2. The summed E-state index contributed by atoms with van der Waals surface area (Å²) in [4.78, 5) is 11.7. The molecule has 17 heavy (non-hydrogen) atoms. The van der Waals surface area contributed by atoms with E-state index in [1.807, 2.05) is 0 Å². The molecule has 0 saturated heterocycles. The second kappa shape index (κ2) is 6.70. The number of carbonyl (C=O) groups is 1. The fourth-order valence-corrected chi connectivity index (χ4v) is 1.33. The van der Waals surface area contributed by atoms with Crippen LogP contribution in [0.1, 0.15) is 22.5 Å². The van der Waals surface area contributed by atoms with Gasteiger partial charge in [-0.1, -0.05) is 6.08 Å². The molecule has 1 rings (SSSR count). The minimum atomic E-state index is -0.235. The van der Waals surface area contributed by atoms with Crippen molar-refractivity contribution in [3.8, 4) is 0 Å². The van der Waals surface area contributed by atoms with Crippen molar-refractivity contribution in [3.63, 3.8) is 0 Å². The molecule has 0 aliphatic rings. The number of nitrogens with one attached hydrogen (secondary N) is 2. The van der Waals surface area contributed by atoms with Crippen molar-refractivity contribution in [2.75, 3.05) is 25.5 Å². The van der Waals surface area contributed by atoms with Gasteiger partial charge in [0.15, 0.2) is 5.82 Å². The number of nitrogens with zero attached hydrogens (tertiary/aromatic N) is 1. The molecule has 0 saturated carbocycles. The van der Waals surface area contributed by atoms with Crippen LogP contribution in [-0.2, 0) is 4.74 Å². The third-order valence-electron chi connectivity index (χ3n) is 2.20. The predicted molar refractivity (Wildman–Crippen MR) is 65.7 cm³/mol. The number of H-pyrrole nitrogens is 1. The zero-order chi connectivity index (χ0) is 12.7. The van der Waals surface area contributed by atoms with Crippen LogP contribution in [0.4, 0.5) is 5.82 Å². The van der Waals surface area contributed by atoms with Crippen molar-refractivity contribution in [1.82, 2.24) is 15.5 Å². The molecule has 1 amide bonds. The fourth-order valence-electron chi connectivity index (χ4n) is 1.33. The molecule has 0 unspecified atom stereocenters. The number of nitrogens with two attached hydrogens (primary N) is 1. The van der Waals surface area contributed by atoms with Gasteiger partial charge < -0.3 is 15.8 Å². The molecule has 0 aliphatic heterocycles. The minimum Gasteiger partial charge on any atom is -0.382 e. The summed E-state index contributed by atoms with van der Waals surface area (Å²) in [7, 11) is 0. The van der Waals surface area contributed by atoms with Crippen LogP contribution in [0.25, 0.3) is 0 Å². The molecule has 0 aliphatic carbocycles. The van der Waals surface area contributed by atoms with Gasteiger partial charge in [0.2, 0.25) is 0 Å². The Morgan fingerprint density at radius 2 is 2.41 bits per heavy atom. The van der Waals surface area contributed by atoms with Crippen LogP contribution in [0, 0.1) is 6.92 Å². The number of nitrogen functional groups attached to an aromatic ring is 1. The number of carbonyl (C=O) groups excluding carboxylic acids is 1. The predicted octanol–water partition coefficient (Wildman–Crippen LogP) is 0.623. The number of amides is 1. The summed E-state index contributed by atoms with van der Waals surface area (Å²) in [5.74, 6) is -0.0198. The largest absolute Gasteiger partial charge is 0.382 e. The first kappa shape index (κ1) is 13.2. The highest BCUT2D eigenvalue weighted by molar-refractivity contribution is 5.99. The van der Waals surface area contributed by atoms with E-state index >= 15 is 0 Å². The third-order valence-corrected chi connectivity index (χ3v) is 2.20. The van der Waals surface area contributed by atoms with E-state index in [1.165, 1.54) is 0 Å². The van der Waals surface area contributed by atoms with E-state index in [0.717, 1.165) is 6.42 Å². The first-order chi connectivity index (χ1) is 8.16. The average molecular weight is 238 g/mol. The maximum atomic E-state index is 11.7. The lowest BCUT2D eigenvalue weighted by Gasteiger charge is -2.05. The Morgan fingerprint density at radius 3 is 3.00 bits per heavy atom. The van der Waals surface area contributed by atoms with Crippen LogP contribution < -0.4 is 11.1 Å². The van der Waals surface area contributed by atoms with Crippen LogP contribution in [0.5, 0.6) is 0 Å². The molecule has 0 radical (unpaired) electrons. The van der Waals surface area contributed by atoms with Crippen molar-refractivity contribution in [2.24, 2.45) is 0 Å². The van der Waals surface area contributed by atoms with E-state index in [0.29, 0.717) is 31.0 Å². The third kappa shape index (κ3) is 3.92. The van der Waals surface area contributed by atoms with Gasteiger partial charge in [0, 0.05) is 12.2 Å². The number of aryl methyl sites for hydroxylation is 1. The van der Waals surface area contributed by atoms with E-state index in [4.69, 9.17) is 10.5 Å². The molecule has 1 aromatic rings. The Hall–Kier alpha value is -1.82. The van der Waals surface area contributed by atoms with Crippen molar-refractivity contribution < 1.29 is 9.53 Å². The van der Waals surface area contributed by atoms with Crippen LogP contribution in [0.2, 0.25) is 0 Å². The number of aromatic nitrogens is 2. The fraction of sp³-hybridized carbons (Fsp3) is 0.455. The van der Waals surface area contributed by atoms with Crippen molar-refractivity contribution in [3.05, 3.63) is 23.9 Å². The van der Waals surface area contributed by atoms with Gasteiger partial charge in [-0.05, 0) is 13.3 Å². The van der Waals surface area contributed by atoms with Crippen LogP contribution in [0.15, 0.2) is 12.7 Å². The minimum absolute atomic E-state index is 0.215. The second-order valence-corrected chi connectivity index (χ2v) is 3.55. The molecule has 0 atom stereocenters. The van der Waals surface area contributed by atoms with E-state index in [1.54, 1.807) is 13.0 Å². The molecular formula is C11H18N4O2. The van der Waals surface area contributed by atoms with Gasteiger partial charge in [-0.3, -0.25) is 9.89 Å². The maximum absolute atomic E-state index is 11.7. The number of aromatic amines is 1. The first-order valence-electron chi connectivity index (χ1n) is 5.44. The molecule has 0 spiro atoms. The Balaban J connectivity index is 2.28. The van der Waals surface area contributed by atoms with Gasteiger partial charge in [0.25, 0.3) is 5.91 Å². The molecule has 1 heterocycles. The van der Waals surface area contributed by atoms with Gasteiger partial charge in [-0.2, -0.15) is 5.10 Å². The molecule has 6 nitrogen and oxygen atoms in total. The number of ether oxygens (including phenoxy) is 1. The summed E-state index contributed by atoms with van der Waals surface area (Å²) in [6, 6.07) is 0. The summed E-state index contributed by atoms with van der Waals surface area (Å²) in [5, 5.41) is 9.13. The Kier molecular flexibility index (Phi) is 5.22. The van der Waals surface area contributed by atoms with Crippen molar-refractivity contribution in [2.45, 2.75) is 13.3 Å². The van der Waals surface area contributed by atoms with Crippen LogP contribution in [0.3, 0.4) is 0 Å². The molecule has 0 fully saturated rings. The second-order valence-electron chi connectivity index (χ2n) is 3.55. The Labute approximate surface area is 100 Å². The van der Waals surface area contributed by atoms with Gasteiger partial charge in [0.1, 0.15) is 5.56 Å². The smallest absolute Gasteiger partial charge is 0.257 e. The van der Waals surface area contributed by atoms with Crippen LogP contribution >= 0.6 is 0 Å². The molecule has 0 aromatic carbocycles. The van der Waals surface area contributed by atoms with E-state index < -0.39 is 0 Å². The average Bonchev–Trinajstić information content (AvgIpc) is 2.63. The molecular weight excluding hydrogens is 220 g/mol. The summed E-state index contributed by atoms with van der Waals surface area (Å²) in [6.07, 6.45) is 2.59. The molecule has 6 heteroatoms. The van der Waals surface area contributed by atoms with Gasteiger partial charge in [0.05, 0.1) is 13.2 Å². The van der Waals surface area contributed by atoms with Crippen LogP contribution in [-0.4, -0.2) is 35.9 Å². The molecule has 94 valence electrons. The maximum Gasteiger partial charge on any atom is 0.257 e. The standard InChI is InChI=1S/C11H18N4O2/c1-3-4-6-17-7-5-13-11(16)9-8(2)14-15-10(9)12/h3H,1,4-7H2,2H3,(H,13,16)(H3,12,14,15). The zero-order valence-corrected chi connectivity index (χ0v) is 9.95. The lowest BCUT2D eigenvalue weighted by molar-refractivity contribution is 0.0918. The Bertz CT molecular complexity index is 367. The quantitative estimate of drug-likeness (QED) is 0.479. The van der Waals surface area contributed by atoms with Crippen molar-refractivity contribution >= 4 is 11.7 Å². The highest BCUT2D eigenvalue weighted by Crippen LogP contribution is 2.11. The topological polar surface area (TPSA) is 93.0 Å². The monoisotopic (exact) mass is 238 g/mol. The summed E-state index contributed by atoms with van der Waals surface area (Å²) < 4.78 is 5.26. The lowest BCUT2D eigenvalue weighted by Crippen LogP contribution is -2.28. The number of rotatable bonds is 7. The first-order valence-corrected chi connectivity index (χ1v) is 5.44. The van der Waals surface area contributed by atoms with E-state index in [-0.39, 0.29) is 11.7 Å². The summed E-state index contributed by atoms with van der Waals surface area (Å²) >= 11 is 0. The van der Waals surface area contributed by atoms with Crippen molar-refractivity contribution in [1.29, 1.82) is 0 Å². The number of hydrogen-bond donors (Lipinski definition) is 3. The highest BCUT2D eigenvalue weighted by atomic mass is 16.5. The molecule has 4 N–H and O–H groups in total. The molecule has 1 aromatic heterocycles. The SMILES string of the molecule is C=CCCOCCNC(=O)c1c(N)n[nH]c1C. The van der Waals surface area contributed by atoms with E-state index in [9.17, 15) is 4.79 Å². The highest BCUT2D eigenvalue weighted by Gasteiger charge is 2.15. The number of anilines is 1. The molecule has 0 bridgehead atoms. The summed E-state index contributed by atoms with van der Waals surface area (Å²) in [6.45, 7) is 6.87.